The van der Waals surface area contributed by atoms with Crippen molar-refractivity contribution in [1.82, 2.24) is 9.78 Å². The van der Waals surface area contributed by atoms with Crippen molar-refractivity contribution in [2.45, 2.75) is 13.5 Å². The number of aromatic nitrogens is 2. The summed E-state index contributed by atoms with van der Waals surface area (Å²) in [4.78, 5) is 11.8. The Labute approximate surface area is 110 Å². The highest BCUT2D eigenvalue weighted by Gasteiger charge is 2.08. The van der Waals surface area contributed by atoms with Gasteiger partial charge in [0.25, 0.3) is 0 Å². The molecule has 0 fully saturated rings. The molecule has 94 valence electrons. The van der Waals surface area contributed by atoms with E-state index >= 15 is 0 Å². The second kappa shape index (κ2) is 5.10. The number of anilines is 2. The molecule has 1 aromatic heterocycles. The summed E-state index contributed by atoms with van der Waals surface area (Å²) >= 11 is 5.86. The van der Waals surface area contributed by atoms with Crippen LogP contribution in [0.25, 0.3) is 0 Å². The maximum absolute atomic E-state index is 11.8. The zero-order valence-electron chi connectivity index (χ0n) is 9.85. The van der Waals surface area contributed by atoms with Gasteiger partial charge in [-0.25, -0.2) is 0 Å². The number of carbonyl (C=O) groups is 1. The maximum atomic E-state index is 11.8. The van der Waals surface area contributed by atoms with E-state index in [0.717, 1.165) is 5.69 Å². The molecule has 1 amide bonds. The fraction of sp³-hybridized carbons (Fsp3) is 0.167. The molecule has 2 aromatic rings. The number of benzene rings is 1. The Kier molecular flexibility index (Phi) is 3.53. The first-order valence-electron chi connectivity index (χ1n) is 5.39. The molecule has 0 bridgehead atoms. The molecule has 6 heteroatoms. The number of nitrogen functional groups attached to an aromatic ring is 1. The number of hydrogen-bond donors (Lipinski definition) is 2. The van der Waals surface area contributed by atoms with Crippen molar-refractivity contribution in [1.29, 1.82) is 0 Å². The molecule has 0 aliphatic rings. The predicted octanol–water partition coefficient (Wildman–Crippen LogP) is 2.07. The van der Waals surface area contributed by atoms with Crippen molar-refractivity contribution in [3.63, 3.8) is 0 Å². The van der Waals surface area contributed by atoms with Gasteiger partial charge in [-0.15, -0.1) is 0 Å². The molecule has 2 rings (SSSR count). The van der Waals surface area contributed by atoms with Crippen LogP contribution in [0.3, 0.4) is 0 Å². The molecule has 0 aliphatic heterocycles. The molecule has 1 heterocycles. The summed E-state index contributed by atoms with van der Waals surface area (Å²) in [6.45, 7) is 1.94. The molecule has 0 atom stereocenters. The SMILES string of the molecule is Cc1c(Cl)cnn1CC(=O)Nc1ccc(N)cc1. The number of halogens is 1. The lowest BCUT2D eigenvalue weighted by Gasteiger charge is -2.07. The number of nitrogens with zero attached hydrogens (tertiary/aromatic N) is 2. The molecule has 0 radical (unpaired) electrons. The zero-order chi connectivity index (χ0) is 13.1. The standard InChI is InChI=1S/C12H13ClN4O/c1-8-11(13)6-15-17(8)7-12(18)16-10-4-2-9(14)3-5-10/h2-6H,7,14H2,1H3,(H,16,18). The number of nitrogens with two attached hydrogens (primary N) is 1. The van der Waals surface area contributed by atoms with Crippen LogP contribution in [0.5, 0.6) is 0 Å². The Morgan fingerprint density at radius 3 is 2.67 bits per heavy atom. The van der Waals surface area contributed by atoms with Gasteiger partial charge in [-0.05, 0) is 31.2 Å². The Bertz CT molecular complexity index is 562. The third-order valence-electron chi connectivity index (χ3n) is 2.53. The first-order chi connectivity index (χ1) is 8.56. The lowest BCUT2D eigenvalue weighted by molar-refractivity contribution is -0.116. The van der Waals surface area contributed by atoms with E-state index in [-0.39, 0.29) is 12.5 Å². The molecule has 18 heavy (non-hydrogen) atoms. The van der Waals surface area contributed by atoms with E-state index in [1.165, 1.54) is 6.20 Å². The molecular weight excluding hydrogens is 252 g/mol. The minimum atomic E-state index is -0.164. The molecule has 0 unspecified atom stereocenters. The molecule has 3 N–H and O–H groups in total. The van der Waals surface area contributed by atoms with Crippen LogP contribution in [0.15, 0.2) is 30.5 Å². The smallest absolute Gasteiger partial charge is 0.246 e. The van der Waals surface area contributed by atoms with Crippen LogP contribution in [0.4, 0.5) is 11.4 Å². The lowest BCUT2D eigenvalue weighted by atomic mass is 10.3. The molecule has 1 aromatic carbocycles. The second-order valence-electron chi connectivity index (χ2n) is 3.91. The normalized spacial score (nSPS) is 10.3. The average Bonchev–Trinajstić information content (AvgIpc) is 2.64. The largest absolute Gasteiger partial charge is 0.399 e. The van der Waals surface area contributed by atoms with Gasteiger partial charge in [-0.2, -0.15) is 5.10 Å². The third-order valence-corrected chi connectivity index (χ3v) is 2.90. The molecule has 0 saturated carbocycles. The Hall–Kier alpha value is -2.01. The number of rotatable bonds is 3. The van der Waals surface area contributed by atoms with Crippen LogP contribution >= 0.6 is 11.6 Å². The fourth-order valence-electron chi connectivity index (χ4n) is 1.49. The van der Waals surface area contributed by atoms with Crippen LogP contribution in [-0.2, 0) is 11.3 Å². The average molecular weight is 265 g/mol. The van der Waals surface area contributed by atoms with E-state index in [1.54, 1.807) is 28.9 Å². The molecule has 0 saturated heterocycles. The Morgan fingerprint density at radius 2 is 2.11 bits per heavy atom. The Balaban J connectivity index is 2.01. The predicted molar refractivity (Wildman–Crippen MR) is 71.5 cm³/mol. The topological polar surface area (TPSA) is 72.9 Å². The van der Waals surface area contributed by atoms with Crippen LogP contribution < -0.4 is 11.1 Å². The molecule has 5 nitrogen and oxygen atoms in total. The zero-order valence-corrected chi connectivity index (χ0v) is 10.6. The summed E-state index contributed by atoms with van der Waals surface area (Å²) in [5.41, 5.74) is 7.68. The van der Waals surface area contributed by atoms with Gasteiger partial charge in [0, 0.05) is 11.4 Å². The van der Waals surface area contributed by atoms with E-state index in [9.17, 15) is 4.79 Å². The van der Waals surface area contributed by atoms with Gasteiger partial charge in [0.2, 0.25) is 5.91 Å². The summed E-state index contributed by atoms with van der Waals surface area (Å²) < 4.78 is 1.55. The second-order valence-corrected chi connectivity index (χ2v) is 4.31. The van der Waals surface area contributed by atoms with Gasteiger partial charge >= 0.3 is 0 Å². The highest BCUT2D eigenvalue weighted by molar-refractivity contribution is 6.31. The van der Waals surface area contributed by atoms with Gasteiger partial charge in [-0.3, -0.25) is 9.48 Å². The van der Waals surface area contributed by atoms with Crippen LogP contribution in [0.1, 0.15) is 5.69 Å². The highest BCUT2D eigenvalue weighted by atomic mass is 35.5. The van der Waals surface area contributed by atoms with Gasteiger partial charge in [-0.1, -0.05) is 11.6 Å². The number of hydrogen-bond acceptors (Lipinski definition) is 3. The van der Waals surface area contributed by atoms with Gasteiger partial charge < -0.3 is 11.1 Å². The minimum Gasteiger partial charge on any atom is -0.399 e. The van der Waals surface area contributed by atoms with Crippen molar-refractivity contribution < 1.29 is 4.79 Å². The third kappa shape index (κ3) is 2.81. The summed E-state index contributed by atoms with van der Waals surface area (Å²) in [6.07, 6.45) is 1.52. The van der Waals surface area contributed by atoms with E-state index in [0.29, 0.717) is 16.4 Å². The van der Waals surface area contributed by atoms with Gasteiger partial charge in [0.05, 0.1) is 16.9 Å². The fourth-order valence-corrected chi connectivity index (χ4v) is 1.63. The van der Waals surface area contributed by atoms with Crippen molar-refractivity contribution in [3.8, 4) is 0 Å². The van der Waals surface area contributed by atoms with E-state index in [4.69, 9.17) is 17.3 Å². The lowest BCUT2D eigenvalue weighted by Crippen LogP contribution is -2.20. The van der Waals surface area contributed by atoms with Crippen molar-refractivity contribution in [2.75, 3.05) is 11.1 Å². The summed E-state index contributed by atoms with van der Waals surface area (Å²) in [5, 5.41) is 7.32. The van der Waals surface area contributed by atoms with Gasteiger partial charge in [0.1, 0.15) is 6.54 Å². The summed E-state index contributed by atoms with van der Waals surface area (Å²) in [7, 11) is 0. The summed E-state index contributed by atoms with van der Waals surface area (Å²) in [6, 6.07) is 6.95. The van der Waals surface area contributed by atoms with Crippen molar-refractivity contribution in [2.24, 2.45) is 0 Å². The number of nitrogens with one attached hydrogen (secondary N) is 1. The first kappa shape index (κ1) is 12.4. The van der Waals surface area contributed by atoms with Crippen LogP contribution in [0.2, 0.25) is 5.02 Å². The van der Waals surface area contributed by atoms with Gasteiger partial charge in [0.15, 0.2) is 0 Å². The van der Waals surface area contributed by atoms with Crippen molar-refractivity contribution in [3.05, 3.63) is 41.2 Å². The van der Waals surface area contributed by atoms with Crippen molar-refractivity contribution >= 4 is 28.9 Å². The molecule has 0 aliphatic carbocycles. The monoisotopic (exact) mass is 264 g/mol. The number of carbonyl (C=O) groups excluding carboxylic acids is 1. The van der Waals surface area contributed by atoms with E-state index < -0.39 is 0 Å². The number of amides is 1. The quantitative estimate of drug-likeness (QED) is 0.834. The van der Waals surface area contributed by atoms with E-state index in [1.807, 2.05) is 6.92 Å². The maximum Gasteiger partial charge on any atom is 0.246 e. The highest BCUT2D eigenvalue weighted by Crippen LogP contribution is 2.14. The van der Waals surface area contributed by atoms with E-state index in [2.05, 4.69) is 10.4 Å². The Morgan fingerprint density at radius 1 is 1.44 bits per heavy atom. The minimum absolute atomic E-state index is 0.128. The first-order valence-corrected chi connectivity index (χ1v) is 5.77. The van der Waals surface area contributed by atoms with Crippen LogP contribution in [-0.4, -0.2) is 15.7 Å². The van der Waals surface area contributed by atoms with Crippen LogP contribution in [0, 0.1) is 6.92 Å². The molecular formula is C12H13ClN4O. The summed E-state index contributed by atoms with van der Waals surface area (Å²) in [5.74, 6) is -0.164. The molecule has 0 spiro atoms.